The first kappa shape index (κ1) is 15.8. The molecule has 2 aromatic rings. The first-order valence-corrected chi connectivity index (χ1v) is 7.99. The third-order valence-electron chi connectivity index (χ3n) is 3.48. The van der Waals surface area contributed by atoms with Crippen molar-refractivity contribution in [3.05, 3.63) is 46.0 Å². The number of methoxy groups -OCH3 is 1. The summed E-state index contributed by atoms with van der Waals surface area (Å²) in [6, 6.07) is 5.72. The molecule has 5 heteroatoms. The van der Waals surface area contributed by atoms with Gasteiger partial charge in [0.15, 0.2) is 5.76 Å². The molecule has 4 nitrogen and oxygen atoms in total. The number of nitrogens with zero attached hydrogens (tertiary/aromatic N) is 1. The second kappa shape index (κ2) is 7.43. The highest BCUT2D eigenvalue weighted by Gasteiger charge is 2.23. The van der Waals surface area contributed by atoms with Gasteiger partial charge in [-0.05, 0) is 47.9 Å². The molecule has 0 aliphatic heterocycles. The van der Waals surface area contributed by atoms with Crippen molar-refractivity contribution in [2.75, 3.05) is 7.11 Å². The van der Waals surface area contributed by atoms with Gasteiger partial charge < -0.3 is 14.1 Å². The Labute approximate surface area is 129 Å². The summed E-state index contributed by atoms with van der Waals surface area (Å²) >= 11 is 1.64. The van der Waals surface area contributed by atoms with Gasteiger partial charge in [-0.1, -0.05) is 6.92 Å². The summed E-state index contributed by atoms with van der Waals surface area (Å²) in [5.41, 5.74) is 1.15. The number of hydrogen-bond acceptors (Lipinski definition) is 4. The molecule has 0 saturated heterocycles. The molecule has 2 rings (SSSR count). The lowest BCUT2D eigenvalue weighted by Gasteiger charge is -2.27. The average Bonchev–Trinajstić information content (AvgIpc) is 3.15. The van der Waals surface area contributed by atoms with Gasteiger partial charge in [0, 0.05) is 19.7 Å². The van der Waals surface area contributed by atoms with Crippen molar-refractivity contribution in [1.82, 2.24) is 4.90 Å². The monoisotopic (exact) mass is 307 g/mol. The lowest BCUT2D eigenvalue weighted by molar-refractivity contribution is 0.0632. The Morgan fingerprint density at radius 3 is 2.86 bits per heavy atom. The molecule has 0 fully saturated rings. The van der Waals surface area contributed by atoms with Crippen LogP contribution < -0.4 is 0 Å². The predicted molar refractivity (Wildman–Crippen MR) is 83.4 cm³/mol. The molecule has 21 heavy (non-hydrogen) atoms. The molecule has 1 amide bonds. The first-order chi connectivity index (χ1) is 10.2. The smallest absolute Gasteiger partial charge is 0.290 e. The van der Waals surface area contributed by atoms with Crippen LogP contribution in [0.5, 0.6) is 0 Å². The summed E-state index contributed by atoms with van der Waals surface area (Å²) in [6.07, 6.45) is 0.904. The topological polar surface area (TPSA) is 42.7 Å². The Bertz CT molecular complexity index is 562. The number of carbonyl (C=O) groups is 1. The molecule has 1 unspecified atom stereocenters. The van der Waals surface area contributed by atoms with E-state index in [9.17, 15) is 4.79 Å². The lowest BCUT2D eigenvalue weighted by atomic mass is 10.2. The van der Waals surface area contributed by atoms with Gasteiger partial charge in [-0.15, -0.1) is 0 Å². The second-order valence-electron chi connectivity index (χ2n) is 5.02. The van der Waals surface area contributed by atoms with E-state index in [4.69, 9.17) is 9.15 Å². The van der Waals surface area contributed by atoms with E-state index < -0.39 is 0 Å². The van der Waals surface area contributed by atoms with Crippen LogP contribution in [0.2, 0.25) is 0 Å². The van der Waals surface area contributed by atoms with Crippen LogP contribution in [0.3, 0.4) is 0 Å². The highest BCUT2D eigenvalue weighted by atomic mass is 32.1. The number of hydrogen-bond donors (Lipinski definition) is 0. The van der Waals surface area contributed by atoms with Gasteiger partial charge in [0.1, 0.15) is 12.4 Å². The van der Waals surface area contributed by atoms with Gasteiger partial charge >= 0.3 is 0 Å². The quantitative estimate of drug-likeness (QED) is 0.778. The summed E-state index contributed by atoms with van der Waals surface area (Å²) < 4.78 is 10.6. The molecule has 0 aliphatic carbocycles. The van der Waals surface area contributed by atoms with Crippen LogP contribution in [0.4, 0.5) is 0 Å². The zero-order valence-corrected chi connectivity index (χ0v) is 13.5. The molecule has 2 heterocycles. The van der Waals surface area contributed by atoms with Crippen LogP contribution in [0.15, 0.2) is 33.4 Å². The van der Waals surface area contributed by atoms with Crippen molar-refractivity contribution >= 4 is 17.2 Å². The number of furan rings is 1. The molecule has 0 radical (unpaired) electrons. The molecule has 1 atom stereocenters. The van der Waals surface area contributed by atoms with E-state index in [1.807, 2.05) is 16.3 Å². The van der Waals surface area contributed by atoms with Crippen LogP contribution in [-0.2, 0) is 17.9 Å². The summed E-state index contributed by atoms with van der Waals surface area (Å²) in [6.45, 7) is 5.12. The SMILES string of the molecule is CCC(C)N(Cc1ccsc1)C(=O)c1ccc(COC)o1. The second-order valence-corrected chi connectivity index (χ2v) is 5.80. The molecule has 0 bridgehead atoms. The minimum Gasteiger partial charge on any atom is -0.453 e. The average molecular weight is 307 g/mol. The standard InChI is InChI=1S/C16H21NO3S/c1-4-12(2)17(9-13-7-8-21-11-13)16(18)15-6-5-14(20-15)10-19-3/h5-8,11-12H,4,9-10H2,1-3H3. The highest BCUT2D eigenvalue weighted by Crippen LogP contribution is 2.18. The van der Waals surface area contributed by atoms with Crippen LogP contribution in [0, 0.1) is 0 Å². The van der Waals surface area contributed by atoms with E-state index in [2.05, 4.69) is 19.2 Å². The van der Waals surface area contributed by atoms with E-state index in [-0.39, 0.29) is 11.9 Å². The van der Waals surface area contributed by atoms with E-state index >= 15 is 0 Å². The maximum atomic E-state index is 12.7. The zero-order valence-electron chi connectivity index (χ0n) is 12.7. The normalized spacial score (nSPS) is 12.3. The molecular weight excluding hydrogens is 286 g/mol. The van der Waals surface area contributed by atoms with Crippen molar-refractivity contribution in [2.45, 2.75) is 39.5 Å². The molecule has 0 aliphatic rings. The predicted octanol–water partition coefficient (Wildman–Crippen LogP) is 3.93. The Morgan fingerprint density at radius 2 is 2.24 bits per heavy atom. The fraction of sp³-hybridized carbons (Fsp3) is 0.438. The summed E-state index contributed by atoms with van der Waals surface area (Å²) in [5, 5.41) is 4.10. The van der Waals surface area contributed by atoms with E-state index in [0.717, 1.165) is 12.0 Å². The van der Waals surface area contributed by atoms with Crippen LogP contribution in [0.1, 0.15) is 42.1 Å². The fourth-order valence-electron chi connectivity index (χ4n) is 2.08. The van der Waals surface area contributed by atoms with E-state index in [1.165, 1.54) is 0 Å². The molecule has 114 valence electrons. The Hall–Kier alpha value is -1.59. The third-order valence-corrected chi connectivity index (χ3v) is 4.21. The molecule has 0 saturated carbocycles. The number of carbonyl (C=O) groups excluding carboxylic acids is 1. The van der Waals surface area contributed by atoms with Gasteiger partial charge in [0.05, 0.1) is 0 Å². The highest BCUT2D eigenvalue weighted by molar-refractivity contribution is 7.07. The minimum atomic E-state index is -0.0714. The van der Waals surface area contributed by atoms with Crippen molar-refractivity contribution < 1.29 is 13.9 Å². The van der Waals surface area contributed by atoms with Crippen molar-refractivity contribution in [3.63, 3.8) is 0 Å². The Morgan fingerprint density at radius 1 is 1.43 bits per heavy atom. The maximum absolute atomic E-state index is 12.7. The first-order valence-electron chi connectivity index (χ1n) is 7.05. The maximum Gasteiger partial charge on any atom is 0.290 e. The summed E-state index contributed by atoms with van der Waals surface area (Å²) in [5.74, 6) is 0.968. The van der Waals surface area contributed by atoms with E-state index in [1.54, 1.807) is 30.6 Å². The lowest BCUT2D eigenvalue weighted by Crippen LogP contribution is -2.37. The molecule has 0 aromatic carbocycles. The van der Waals surface area contributed by atoms with Crippen molar-refractivity contribution in [1.29, 1.82) is 0 Å². The minimum absolute atomic E-state index is 0.0714. The number of ether oxygens (including phenoxy) is 1. The van der Waals surface area contributed by atoms with Crippen molar-refractivity contribution in [3.8, 4) is 0 Å². The van der Waals surface area contributed by atoms with Gasteiger partial charge in [-0.2, -0.15) is 11.3 Å². The van der Waals surface area contributed by atoms with Gasteiger partial charge in [0.25, 0.3) is 5.91 Å². The van der Waals surface area contributed by atoms with Gasteiger partial charge in [0.2, 0.25) is 0 Å². The van der Waals surface area contributed by atoms with Crippen LogP contribution in [0.25, 0.3) is 0 Å². The van der Waals surface area contributed by atoms with Crippen molar-refractivity contribution in [2.24, 2.45) is 0 Å². The van der Waals surface area contributed by atoms with Gasteiger partial charge in [-0.25, -0.2) is 0 Å². The summed E-state index contributed by atoms with van der Waals surface area (Å²) in [7, 11) is 1.60. The van der Waals surface area contributed by atoms with Crippen LogP contribution >= 0.6 is 11.3 Å². The Kier molecular flexibility index (Phi) is 5.59. The number of rotatable bonds is 7. The van der Waals surface area contributed by atoms with Gasteiger partial charge in [-0.3, -0.25) is 4.79 Å². The number of thiophene rings is 1. The largest absolute Gasteiger partial charge is 0.453 e. The van der Waals surface area contributed by atoms with E-state index in [0.29, 0.717) is 24.7 Å². The zero-order chi connectivity index (χ0) is 15.2. The fourth-order valence-corrected chi connectivity index (χ4v) is 2.74. The summed E-state index contributed by atoms with van der Waals surface area (Å²) in [4.78, 5) is 14.5. The number of amides is 1. The van der Waals surface area contributed by atoms with Crippen LogP contribution in [-0.4, -0.2) is 24.0 Å². The molecular formula is C16H21NO3S. The molecule has 0 N–H and O–H groups in total. The molecule has 0 spiro atoms. The Balaban J connectivity index is 2.16. The third kappa shape index (κ3) is 3.95. The molecule has 2 aromatic heterocycles.